The molecular formula is C15H22FN5. The molecule has 1 unspecified atom stereocenters. The van der Waals surface area contributed by atoms with Crippen LogP contribution in [0.25, 0.3) is 0 Å². The third-order valence-corrected chi connectivity index (χ3v) is 3.29. The van der Waals surface area contributed by atoms with E-state index < -0.39 is 0 Å². The molecular weight excluding hydrogens is 269 g/mol. The molecule has 114 valence electrons. The van der Waals surface area contributed by atoms with E-state index in [1.807, 2.05) is 4.68 Å². The Bertz CT molecular complexity index is 555. The topological polar surface area (TPSA) is 55.6 Å². The highest BCUT2D eigenvalue weighted by atomic mass is 19.1. The van der Waals surface area contributed by atoms with Gasteiger partial charge in [0.15, 0.2) is 0 Å². The molecule has 1 N–H and O–H groups in total. The summed E-state index contributed by atoms with van der Waals surface area (Å²) in [6, 6.07) is 1.52. The summed E-state index contributed by atoms with van der Waals surface area (Å²) >= 11 is 0. The van der Waals surface area contributed by atoms with E-state index in [0.29, 0.717) is 6.42 Å². The molecule has 0 radical (unpaired) electrons. The highest BCUT2D eigenvalue weighted by molar-refractivity contribution is 5.16. The van der Waals surface area contributed by atoms with Crippen molar-refractivity contribution in [3.63, 3.8) is 0 Å². The van der Waals surface area contributed by atoms with E-state index in [-0.39, 0.29) is 11.9 Å². The number of halogens is 1. The van der Waals surface area contributed by atoms with Crippen molar-refractivity contribution >= 4 is 0 Å². The van der Waals surface area contributed by atoms with E-state index in [4.69, 9.17) is 0 Å². The summed E-state index contributed by atoms with van der Waals surface area (Å²) in [5.41, 5.74) is 0.842. The van der Waals surface area contributed by atoms with Crippen molar-refractivity contribution in [3.8, 4) is 0 Å². The highest BCUT2D eigenvalue weighted by Gasteiger charge is 2.16. The molecule has 0 aliphatic rings. The maximum Gasteiger partial charge on any atom is 0.141 e. The number of aromatic nitrogens is 4. The molecule has 0 bridgehead atoms. The second kappa shape index (κ2) is 7.83. The number of nitrogens with zero attached hydrogens (tertiary/aromatic N) is 4. The van der Waals surface area contributed by atoms with Gasteiger partial charge >= 0.3 is 0 Å². The van der Waals surface area contributed by atoms with Crippen molar-refractivity contribution in [3.05, 3.63) is 42.0 Å². The normalized spacial score (nSPS) is 12.5. The first-order chi connectivity index (χ1) is 10.2. The van der Waals surface area contributed by atoms with Gasteiger partial charge in [-0.2, -0.15) is 5.10 Å². The Labute approximate surface area is 124 Å². The summed E-state index contributed by atoms with van der Waals surface area (Å²) in [7, 11) is 0. The Hall–Kier alpha value is -1.82. The quantitative estimate of drug-likeness (QED) is 0.812. The Morgan fingerprint density at radius 2 is 2.14 bits per heavy atom. The molecule has 0 saturated carbocycles. The molecule has 0 aliphatic heterocycles. The number of hydrogen-bond donors (Lipinski definition) is 1. The monoisotopic (exact) mass is 291 g/mol. The van der Waals surface area contributed by atoms with Gasteiger partial charge < -0.3 is 5.32 Å². The van der Waals surface area contributed by atoms with E-state index >= 15 is 0 Å². The molecule has 0 spiro atoms. The average molecular weight is 291 g/mol. The number of aryl methyl sites for hydroxylation is 1. The Kier molecular flexibility index (Phi) is 5.80. The third-order valence-electron chi connectivity index (χ3n) is 3.29. The molecule has 0 fully saturated rings. The van der Waals surface area contributed by atoms with Crippen LogP contribution in [-0.2, 0) is 13.0 Å². The largest absolute Gasteiger partial charge is 0.310 e. The zero-order valence-electron chi connectivity index (χ0n) is 12.6. The molecule has 0 saturated heterocycles. The average Bonchev–Trinajstić information content (AvgIpc) is 2.91. The van der Waals surface area contributed by atoms with Gasteiger partial charge in [-0.25, -0.2) is 9.37 Å². The van der Waals surface area contributed by atoms with Gasteiger partial charge in [-0.15, -0.1) is 0 Å². The van der Waals surface area contributed by atoms with Gasteiger partial charge in [0.1, 0.15) is 18.0 Å². The van der Waals surface area contributed by atoms with E-state index in [9.17, 15) is 4.39 Å². The summed E-state index contributed by atoms with van der Waals surface area (Å²) in [5.74, 6) is 0.598. The summed E-state index contributed by atoms with van der Waals surface area (Å²) in [5, 5.41) is 7.67. The van der Waals surface area contributed by atoms with Crippen molar-refractivity contribution in [1.29, 1.82) is 0 Å². The SMILES string of the molecule is CCCNC(Cc1ncnn1CCC)c1cncc(F)c1. The molecule has 5 nitrogen and oxygen atoms in total. The summed E-state index contributed by atoms with van der Waals surface area (Å²) in [4.78, 5) is 8.27. The fourth-order valence-electron chi connectivity index (χ4n) is 2.27. The molecule has 0 aliphatic carbocycles. The lowest BCUT2D eigenvalue weighted by Crippen LogP contribution is -2.25. The van der Waals surface area contributed by atoms with Crippen LogP contribution >= 0.6 is 0 Å². The van der Waals surface area contributed by atoms with Crippen molar-refractivity contribution in [1.82, 2.24) is 25.1 Å². The van der Waals surface area contributed by atoms with Gasteiger partial charge in [0.05, 0.1) is 6.20 Å². The molecule has 21 heavy (non-hydrogen) atoms. The van der Waals surface area contributed by atoms with Crippen LogP contribution in [0.4, 0.5) is 4.39 Å². The Morgan fingerprint density at radius 1 is 1.29 bits per heavy atom. The van der Waals surface area contributed by atoms with Gasteiger partial charge in [0.25, 0.3) is 0 Å². The minimum absolute atomic E-state index is 0.00652. The van der Waals surface area contributed by atoms with Gasteiger partial charge in [-0.3, -0.25) is 9.67 Å². The van der Waals surface area contributed by atoms with Gasteiger partial charge in [0.2, 0.25) is 0 Å². The van der Waals surface area contributed by atoms with E-state index in [0.717, 1.165) is 37.3 Å². The number of hydrogen-bond acceptors (Lipinski definition) is 4. The van der Waals surface area contributed by atoms with E-state index in [1.165, 1.54) is 12.3 Å². The molecule has 2 rings (SSSR count). The minimum atomic E-state index is -0.314. The standard InChI is InChI=1S/C15H22FN5/c1-3-5-18-14(12-7-13(16)10-17-9-12)8-15-19-11-20-21(15)6-4-2/h7,9-11,14,18H,3-6,8H2,1-2H3. The van der Waals surface area contributed by atoms with Crippen molar-refractivity contribution in [2.75, 3.05) is 6.54 Å². The van der Waals surface area contributed by atoms with E-state index in [2.05, 4.69) is 34.2 Å². The van der Waals surface area contributed by atoms with Crippen LogP contribution in [0.3, 0.4) is 0 Å². The lowest BCUT2D eigenvalue weighted by Gasteiger charge is -2.18. The zero-order chi connectivity index (χ0) is 15.1. The second-order valence-electron chi connectivity index (χ2n) is 5.05. The van der Waals surface area contributed by atoms with Gasteiger partial charge in [-0.05, 0) is 31.0 Å². The van der Waals surface area contributed by atoms with Crippen LogP contribution < -0.4 is 5.32 Å². The first kappa shape index (κ1) is 15.6. The van der Waals surface area contributed by atoms with Crippen molar-refractivity contribution < 1.29 is 4.39 Å². The fourth-order valence-corrected chi connectivity index (χ4v) is 2.27. The smallest absolute Gasteiger partial charge is 0.141 e. The fraction of sp³-hybridized carbons (Fsp3) is 0.533. The van der Waals surface area contributed by atoms with Gasteiger partial charge in [0, 0.05) is 25.2 Å². The van der Waals surface area contributed by atoms with Crippen LogP contribution in [0.1, 0.15) is 44.1 Å². The minimum Gasteiger partial charge on any atom is -0.310 e. The highest BCUT2D eigenvalue weighted by Crippen LogP contribution is 2.17. The second-order valence-corrected chi connectivity index (χ2v) is 5.05. The van der Waals surface area contributed by atoms with Crippen LogP contribution in [0, 0.1) is 5.82 Å². The van der Waals surface area contributed by atoms with Gasteiger partial charge in [-0.1, -0.05) is 13.8 Å². The van der Waals surface area contributed by atoms with Crippen molar-refractivity contribution in [2.24, 2.45) is 0 Å². The predicted molar refractivity (Wildman–Crippen MR) is 79.2 cm³/mol. The van der Waals surface area contributed by atoms with Crippen LogP contribution in [0.2, 0.25) is 0 Å². The molecule has 2 heterocycles. The summed E-state index contributed by atoms with van der Waals surface area (Å²) in [6.45, 7) is 5.92. The van der Waals surface area contributed by atoms with E-state index in [1.54, 1.807) is 12.5 Å². The molecule has 0 aromatic carbocycles. The molecule has 2 aromatic heterocycles. The number of pyridine rings is 1. The first-order valence-corrected chi connectivity index (χ1v) is 7.45. The maximum atomic E-state index is 13.4. The number of nitrogens with one attached hydrogen (secondary N) is 1. The third kappa shape index (κ3) is 4.32. The lowest BCUT2D eigenvalue weighted by molar-refractivity contribution is 0.484. The van der Waals surface area contributed by atoms with Crippen LogP contribution in [-0.4, -0.2) is 26.3 Å². The number of rotatable bonds is 8. The molecule has 6 heteroatoms. The Morgan fingerprint density at radius 3 is 2.86 bits per heavy atom. The van der Waals surface area contributed by atoms with Crippen LogP contribution in [0.15, 0.2) is 24.8 Å². The molecule has 0 amide bonds. The zero-order valence-corrected chi connectivity index (χ0v) is 12.6. The van der Waals surface area contributed by atoms with Crippen molar-refractivity contribution in [2.45, 2.75) is 45.7 Å². The molecule has 1 atom stereocenters. The summed E-state index contributed by atoms with van der Waals surface area (Å²) in [6.07, 6.45) is 7.19. The van der Waals surface area contributed by atoms with Crippen LogP contribution in [0.5, 0.6) is 0 Å². The first-order valence-electron chi connectivity index (χ1n) is 7.45. The summed E-state index contributed by atoms with van der Waals surface area (Å²) < 4.78 is 15.3. The molecule has 2 aromatic rings. The maximum absolute atomic E-state index is 13.4. The lowest BCUT2D eigenvalue weighted by atomic mass is 10.1. The Balaban J connectivity index is 2.17. The predicted octanol–water partition coefficient (Wildman–Crippen LogP) is 2.51.